The fraction of sp³-hybridized carbons (Fsp3) is 0.471. The lowest BCUT2D eigenvalue weighted by Gasteiger charge is -2.32. The van der Waals surface area contributed by atoms with Crippen LogP contribution in [0.5, 0.6) is 0 Å². The average Bonchev–Trinajstić information content (AvgIpc) is 2.95. The topological polar surface area (TPSA) is 57.6 Å². The largest absolute Gasteiger partial charge is 0.385 e. The van der Waals surface area contributed by atoms with E-state index in [-0.39, 0.29) is 0 Å². The van der Waals surface area contributed by atoms with E-state index >= 15 is 0 Å². The van der Waals surface area contributed by atoms with Crippen molar-refractivity contribution < 1.29 is 9.84 Å². The molecule has 0 spiro atoms. The molecule has 1 fully saturated rings. The molecular formula is C17H23N3O2S. The van der Waals surface area contributed by atoms with E-state index in [0.29, 0.717) is 26.3 Å². The predicted molar refractivity (Wildman–Crippen MR) is 91.3 cm³/mol. The van der Waals surface area contributed by atoms with Crippen molar-refractivity contribution in [2.45, 2.75) is 18.7 Å². The zero-order valence-corrected chi connectivity index (χ0v) is 14.0. The number of rotatable bonds is 6. The molecule has 0 aliphatic carbocycles. The van der Waals surface area contributed by atoms with Gasteiger partial charge in [0.1, 0.15) is 10.6 Å². The lowest BCUT2D eigenvalue weighted by atomic mass is 10.0. The van der Waals surface area contributed by atoms with Crippen LogP contribution in [0.3, 0.4) is 0 Å². The molecule has 2 N–H and O–H groups in total. The number of aromatic nitrogens is 1. The van der Waals surface area contributed by atoms with Gasteiger partial charge in [0.2, 0.25) is 0 Å². The lowest BCUT2D eigenvalue weighted by molar-refractivity contribution is -0.0518. The smallest absolute Gasteiger partial charge is 0.113 e. The van der Waals surface area contributed by atoms with Crippen molar-refractivity contribution in [3.63, 3.8) is 0 Å². The zero-order valence-electron chi connectivity index (χ0n) is 13.1. The van der Waals surface area contributed by atoms with Crippen LogP contribution in [0.25, 0.3) is 0 Å². The highest BCUT2D eigenvalue weighted by atomic mass is 32.1. The van der Waals surface area contributed by atoms with Gasteiger partial charge in [0.15, 0.2) is 0 Å². The standard InChI is InChI=1S/C17H23N3O2S/c21-17(12-18-6-8-22-14-17)13-20(11-16-19-7-9-23-16)10-15-4-2-1-3-5-15/h1-5,7,9,18,21H,6,8,10-14H2/t17-/m1/s1. The fourth-order valence-corrected chi connectivity index (χ4v) is 3.49. The first-order valence-electron chi connectivity index (χ1n) is 7.89. The van der Waals surface area contributed by atoms with E-state index in [0.717, 1.165) is 24.6 Å². The first-order chi connectivity index (χ1) is 11.2. The Balaban J connectivity index is 1.71. The average molecular weight is 333 g/mol. The molecule has 6 heteroatoms. The summed E-state index contributed by atoms with van der Waals surface area (Å²) in [6.45, 7) is 4.41. The highest BCUT2D eigenvalue weighted by molar-refractivity contribution is 7.09. The molecule has 2 heterocycles. The monoisotopic (exact) mass is 333 g/mol. The van der Waals surface area contributed by atoms with Crippen molar-refractivity contribution in [2.75, 3.05) is 32.8 Å². The van der Waals surface area contributed by atoms with Crippen molar-refractivity contribution in [3.05, 3.63) is 52.5 Å². The molecule has 0 bridgehead atoms. The number of aliphatic hydroxyl groups is 1. The third-order valence-electron chi connectivity index (χ3n) is 3.86. The highest BCUT2D eigenvalue weighted by Gasteiger charge is 2.31. The number of β-amino-alcohol motifs (C(OH)–C–C–N with tert-alkyl or cyclic N) is 1. The second kappa shape index (κ2) is 7.99. The van der Waals surface area contributed by atoms with Crippen molar-refractivity contribution >= 4 is 11.3 Å². The van der Waals surface area contributed by atoms with Crippen LogP contribution in [-0.4, -0.2) is 53.4 Å². The second-order valence-electron chi connectivity index (χ2n) is 6.01. The van der Waals surface area contributed by atoms with E-state index in [4.69, 9.17) is 4.74 Å². The van der Waals surface area contributed by atoms with Crippen molar-refractivity contribution in [1.82, 2.24) is 15.2 Å². The fourth-order valence-electron chi connectivity index (χ4n) is 2.83. The molecule has 3 rings (SSSR count). The maximum Gasteiger partial charge on any atom is 0.113 e. The summed E-state index contributed by atoms with van der Waals surface area (Å²) in [5, 5.41) is 17.2. The Labute approximate surface area is 140 Å². The molecule has 1 atom stereocenters. The van der Waals surface area contributed by atoms with Crippen LogP contribution in [-0.2, 0) is 17.8 Å². The summed E-state index contributed by atoms with van der Waals surface area (Å²) in [6, 6.07) is 10.3. The summed E-state index contributed by atoms with van der Waals surface area (Å²) in [7, 11) is 0. The number of hydrogen-bond donors (Lipinski definition) is 2. The van der Waals surface area contributed by atoms with Gasteiger partial charge in [-0.3, -0.25) is 4.90 Å². The van der Waals surface area contributed by atoms with Gasteiger partial charge in [0, 0.05) is 37.8 Å². The third kappa shape index (κ3) is 5.09. The summed E-state index contributed by atoms with van der Waals surface area (Å²) in [4.78, 5) is 6.62. The van der Waals surface area contributed by atoms with E-state index in [2.05, 4.69) is 27.3 Å². The second-order valence-corrected chi connectivity index (χ2v) is 6.99. The summed E-state index contributed by atoms with van der Waals surface area (Å²) in [6.07, 6.45) is 1.83. The molecule has 23 heavy (non-hydrogen) atoms. The lowest BCUT2D eigenvalue weighted by Crippen LogP contribution is -2.51. The van der Waals surface area contributed by atoms with Crippen molar-refractivity contribution in [1.29, 1.82) is 0 Å². The van der Waals surface area contributed by atoms with Crippen LogP contribution in [0.4, 0.5) is 0 Å². The molecule has 0 saturated carbocycles. The Bertz CT molecular complexity index is 569. The molecule has 0 radical (unpaired) electrons. The molecule has 0 unspecified atom stereocenters. The highest BCUT2D eigenvalue weighted by Crippen LogP contribution is 2.17. The van der Waals surface area contributed by atoms with Gasteiger partial charge in [-0.15, -0.1) is 11.3 Å². The molecule has 2 aromatic rings. The van der Waals surface area contributed by atoms with E-state index in [9.17, 15) is 5.11 Å². The normalized spacial score (nSPS) is 22.2. The maximum absolute atomic E-state index is 10.9. The molecule has 1 aromatic carbocycles. The quantitative estimate of drug-likeness (QED) is 0.839. The van der Waals surface area contributed by atoms with Gasteiger partial charge in [0.05, 0.1) is 19.8 Å². The minimum atomic E-state index is -0.872. The van der Waals surface area contributed by atoms with Crippen LogP contribution in [0, 0.1) is 0 Å². The molecule has 0 amide bonds. The Morgan fingerprint density at radius 2 is 2.17 bits per heavy atom. The van der Waals surface area contributed by atoms with E-state index < -0.39 is 5.60 Å². The van der Waals surface area contributed by atoms with E-state index in [1.54, 1.807) is 11.3 Å². The van der Waals surface area contributed by atoms with Crippen molar-refractivity contribution in [2.24, 2.45) is 0 Å². The SMILES string of the molecule is O[C@@]1(CN(Cc2ccccc2)Cc2nccs2)CNCCOC1. The number of nitrogens with zero attached hydrogens (tertiary/aromatic N) is 2. The molecule has 124 valence electrons. The first-order valence-corrected chi connectivity index (χ1v) is 8.77. The molecule has 1 saturated heterocycles. The van der Waals surface area contributed by atoms with Gasteiger partial charge in [0.25, 0.3) is 0 Å². The zero-order chi connectivity index (χ0) is 16.0. The van der Waals surface area contributed by atoms with Gasteiger partial charge >= 0.3 is 0 Å². The van der Waals surface area contributed by atoms with E-state index in [1.807, 2.05) is 29.8 Å². The van der Waals surface area contributed by atoms with Crippen LogP contribution in [0.2, 0.25) is 0 Å². The number of ether oxygens (including phenoxy) is 1. The van der Waals surface area contributed by atoms with Gasteiger partial charge in [-0.1, -0.05) is 30.3 Å². The number of nitrogens with one attached hydrogen (secondary N) is 1. The number of thiazole rings is 1. The molecule has 1 aliphatic heterocycles. The van der Waals surface area contributed by atoms with Crippen LogP contribution < -0.4 is 5.32 Å². The summed E-state index contributed by atoms with van der Waals surface area (Å²) >= 11 is 1.65. The first kappa shape index (κ1) is 16.5. The maximum atomic E-state index is 10.9. The summed E-state index contributed by atoms with van der Waals surface area (Å²) in [5.41, 5.74) is 0.359. The number of benzene rings is 1. The van der Waals surface area contributed by atoms with Gasteiger partial charge in [-0.2, -0.15) is 0 Å². The third-order valence-corrected chi connectivity index (χ3v) is 4.62. The van der Waals surface area contributed by atoms with Crippen LogP contribution in [0.1, 0.15) is 10.6 Å². The van der Waals surface area contributed by atoms with Crippen LogP contribution in [0.15, 0.2) is 41.9 Å². The Kier molecular flexibility index (Phi) is 5.75. The minimum absolute atomic E-state index is 0.364. The Hall–Kier alpha value is -1.31. The van der Waals surface area contributed by atoms with Gasteiger partial charge < -0.3 is 15.2 Å². The molecule has 1 aliphatic rings. The Morgan fingerprint density at radius 1 is 1.30 bits per heavy atom. The van der Waals surface area contributed by atoms with Gasteiger partial charge in [-0.05, 0) is 5.56 Å². The van der Waals surface area contributed by atoms with Crippen molar-refractivity contribution in [3.8, 4) is 0 Å². The summed E-state index contributed by atoms with van der Waals surface area (Å²) in [5.74, 6) is 0. The molecule has 1 aromatic heterocycles. The number of hydrogen-bond acceptors (Lipinski definition) is 6. The van der Waals surface area contributed by atoms with Gasteiger partial charge in [-0.25, -0.2) is 4.98 Å². The van der Waals surface area contributed by atoms with E-state index in [1.165, 1.54) is 5.56 Å². The molecular weight excluding hydrogens is 310 g/mol. The minimum Gasteiger partial charge on any atom is -0.385 e. The summed E-state index contributed by atoms with van der Waals surface area (Å²) < 4.78 is 5.54. The van der Waals surface area contributed by atoms with Crippen LogP contribution >= 0.6 is 11.3 Å². The molecule has 5 nitrogen and oxygen atoms in total. The Morgan fingerprint density at radius 3 is 2.96 bits per heavy atom. The predicted octanol–water partition coefficient (Wildman–Crippen LogP) is 1.50.